The van der Waals surface area contributed by atoms with Crippen LogP contribution in [-0.4, -0.2) is 15.0 Å². The molecule has 5 nitrogen and oxygen atoms in total. The van der Waals surface area contributed by atoms with Crippen LogP contribution in [-0.2, 0) is 0 Å². The van der Waals surface area contributed by atoms with E-state index in [0.29, 0.717) is 39.4 Å². The van der Waals surface area contributed by atoms with Crippen molar-refractivity contribution in [3.8, 4) is 56.4 Å². The van der Waals surface area contributed by atoms with E-state index in [1.807, 2.05) is 127 Å². The summed E-state index contributed by atoms with van der Waals surface area (Å²) in [5, 5.41) is 1.12. The molecule has 0 amide bonds. The number of hydrogen-bond acceptors (Lipinski definition) is 5. The number of fused-ring (bicyclic) bond motifs is 2. The Kier molecular flexibility index (Phi) is 6.54. The highest BCUT2D eigenvalue weighted by atomic mass is 16.3. The Hall–Kier alpha value is -6.20. The maximum absolute atomic E-state index is 13.5. The van der Waals surface area contributed by atoms with E-state index in [0.717, 1.165) is 38.9 Å². The van der Waals surface area contributed by atoms with Gasteiger partial charge in [0.05, 0.1) is 10.8 Å². The summed E-state index contributed by atoms with van der Waals surface area (Å²) in [6.07, 6.45) is 0. The Bertz CT molecular complexity index is 2340. The molecule has 2 heterocycles. The molecule has 45 heavy (non-hydrogen) atoms. The first-order chi connectivity index (χ1) is 22.2. The molecule has 0 saturated heterocycles. The van der Waals surface area contributed by atoms with Crippen LogP contribution in [0.15, 0.2) is 161 Å². The first-order valence-corrected chi connectivity index (χ1v) is 14.7. The van der Waals surface area contributed by atoms with E-state index in [-0.39, 0.29) is 5.43 Å². The molecule has 8 rings (SSSR count). The number of para-hydroxylation sites is 1. The Balaban J connectivity index is 1.32. The third-order valence-corrected chi connectivity index (χ3v) is 7.97. The maximum Gasteiger partial charge on any atom is 0.200 e. The van der Waals surface area contributed by atoms with Crippen LogP contribution in [0.5, 0.6) is 0 Å². The molecule has 0 fully saturated rings. The number of nitrogens with zero attached hydrogens (tertiary/aromatic N) is 3. The molecular weight excluding hydrogens is 554 g/mol. The SMILES string of the molecule is O=c1c2ccccc2oc2ccc(-c3ccccc3-c3ccccc3-c3nc(-c4ccccc4)nc(-c4ccccc4)n3)cc12. The molecule has 5 heteroatoms. The Morgan fingerprint density at radius 2 is 0.867 bits per heavy atom. The first-order valence-electron chi connectivity index (χ1n) is 14.7. The predicted octanol–water partition coefficient (Wildman–Crippen LogP) is 9.47. The summed E-state index contributed by atoms with van der Waals surface area (Å²) < 4.78 is 6.08. The summed E-state index contributed by atoms with van der Waals surface area (Å²) >= 11 is 0. The van der Waals surface area contributed by atoms with Crippen molar-refractivity contribution in [2.75, 3.05) is 0 Å². The monoisotopic (exact) mass is 579 g/mol. The van der Waals surface area contributed by atoms with Gasteiger partial charge in [0.2, 0.25) is 5.43 Å². The topological polar surface area (TPSA) is 68.9 Å². The minimum Gasteiger partial charge on any atom is -0.456 e. The Morgan fingerprint density at radius 1 is 0.378 bits per heavy atom. The lowest BCUT2D eigenvalue weighted by Crippen LogP contribution is -2.02. The fourth-order valence-corrected chi connectivity index (χ4v) is 5.78. The fraction of sp³-hybridized carbons (Fsp3) is 0. The van der Waals surface area contributed by atoms with Gasteiger partial charge in [-0.3, -0.25) is 4.79 Å². The predicted molar refractivity (Wildman–Crippen MR) is 181 cm³/mol. The molecule has 8 aromatic rings. The number of hydrogen-bond donors (Lipinski definition) is 0. The maximum atomic E-state index is 13.5. The standard InChI is InChI=1S/C40H25N3O2/c44-37-33-21-11-12-22-35(33)45-36-24-23-28(25-34(36)37)29-17-7-8-18-30(29)31-19-9-10-20-32(31)40-42-38(26-13-3-1-4-14-26)41-39(43-40)27-15-5-2-6-16-27/h1-25H. The van der Waals surface area contributed by atoms with Gasteiger partial charge in [-0.1, -0.05) is 127 Å². The molecule has 212 valence electrons. The molecule has 0 atom stereocenters. The molecule has 0 saturated carbocycles. The first kappa shape index (κ1) is 26.4. The third kappa shape index (κ3) is 4.86. The van der Waals surface area contributed by atoms with Crippen LogP contribution in [0.2, 0.25) is 0 Å². The average Bonchev–Trinajstić information content (AvgIpc) is 3.12. The van der Waals surface area contributed by atoms with Gasteiger partial charge in [-0.05, 0) is 46.5 Å². The molecule has 0 N–H and O–H groups in total. The highest BCUT2D eigenvalue weighted by molar-refractivity contribution is 5.95. The molecule has 0 spiro atoms. The zero-order valence-corrected chi connectivity index (χ0v) is 24.1. The van der Waals surface area contributed by atoms with Gasteiger partial charge in [0.25, 0.3) is 0 Å². The highest BCUT2D eigenvalue weighted by Gasteiger charge is 2.18. The highest BCUT2D eigenvalue weighted by Crippen LogP contribution is 2.38. The molecule has 0 aliphatic carbocycles. The Labute approximate surface area is 259 Å². The lowest BCUT2D eigenvalue weighted by Gasteiger charge is -2.15. The van der Waals surface area contributed by atoms with E-state index in [2.05, 4.69) is 18.2 Å². The summed E-state index contributed by atoms with van der Waals surface area (Å²) in [6, 6.07) is 49.5. The van der Waals surface area contributed by atoms with E-state index < -0.39 is 0 Å². The van der Waals surface area contributed by atoms with Gasteiger partial charge in [-0.25, -0.2) is 15.0 Å². The second kappa shape index (κ2) is 11.1. The molecule has 0 unspecified atom stereocenters. The smallest absolute Gasteiger partial charge is 0.200 e. The van der Waals surface area contributed by atoms with Crippen molar-refractivity contribution < 1.29 is 4.42 Å². The van der Waals surface area contributed by atoms with Crippen LogP contribution in [0.25, 0.3) is 78.4 Å². The van der Waals surface area contributed by atoms with E-state index in [9.17, 15) is 4.79 Å². The second-order valence-corrected chi connectivity index (χ2v) is 10.8. The Morgan fingerprint density at radius 3 is 1.53 bits per heavy atom. The van der Waals surface area contributed by atoms with Crippen molar-refractivity contribution in [3.05, 3.63) is 162 Å². The van der Waals surface area contributed by atoms with Gasteiger partial charge >= 0.3 is 0 Å². The van der Waals surface area contributed by atoms with E-state index >= 15 is 0 Å². The van der Waals surface area contributed by atoms with Crippen LogP contribution in [0.3, 0.4) is 0 Å². The lowest BCUT2D eigenvalue weighted by molar-refractivity contribution is 0.660. The summed E-state index contributed by atoms with van der Waals surface area (Å²) in [7, 11) is 0. The fourth-order valence-electron chi connectivity index (χ4n) is 5.78. The van der Waals surface area contributed by atoms with E-state index in [1.165, 1.54) is 0 Å². The van der Waals surface area contributed by atoms with Gasteiger partial charge < -0.3 is 4.42 Å². The lowest BCUT2D eigenvalue weighted by atomic mass is 9.91. The van der Waals surface area contributed by atoms with Gasteiger partial charge in [-0.15, -0.1) is 0 Å². The van der Waals surface area contributed by atoms with Crippen molar-refractivity contribution >= 4 is 21.9 Å². The van der Waals surface area contributed by atoms with Crippen molar-refractivity contribution in [1.82, 2.24) is 15.0 Å². The number of rotatable bonds is 5. The van der Waals surface area contributed by atoms with Crippen molar-refractivity contribution in [2.24, 2.45) is 0 Å². The minimum absolute atomic E-state index is 0.0429. The van der Waals surface area contributed by atoms with Crippen molar-refractivity contribution in [1.29, 1.82) is 0 Å². The normalized spacial score (nSPS) is 11.2. The molecule has 0 bridgehead atoms. The summed E-state index contributed by atoms with van der Waals surface area (Å²) in [6.45, 7) is 0. The van der Waals surface area contributed by atoms with E-state index in [1.54, 1.807) is 6.07 Å². The molecule has 0 aliphatic heterocycles. The number of benzene rings is 6. The molecule has 6 aromatic carbocycles. The van der Waals surface area contributed by atoms with Gasteiger partial charge in [0.15, 0.2) is 17.5 Å². The van der Waals surface area contributed by atoms with Crippen LogP contribution >= 0.6 is 0 Å². The summed E-state index contributed by atoms with van der Waals surface area (Å²) in [4.78, 5) is 28.3. The van der Waals surface area contributed by atoms with Crippen molar-refractivity contribution in [3.63, 3.8) is 0 Å². The molecule has 2 aromatic heterocycles. The van der Waals surface area contributed by atoms with Crippen LogP contribution in [0, 0.1) is 0 Å². The largest absolute Gasteiger partial charge is 0.456 e. The van der Waals surface area contributed by atoms with Crippen molar-refractivity contribution in [2.45, 2.75) is 0 Å². The third-order valence-electron chi connectivity index (χ3n) is 7.97. The molecule has 0 aliphatic rings. The zero-order chi connectivity index (χ0) is 30.2. The summed E-state index contributed by atoms with van der Waals surface area (Å²) in [5.41, 5.74) is 7.69. The van der Waals surface area contributed by atoms with Gasteiger partial charge in [0, 0.05) is 16.7 Å². The average molecular weight is 580 g/mol. The van der Waals surface area contributed by atoms with Gasteiger partial charge in [0.1, 0.15) is 11.2 Å². The van der Waals surface area contributed by atoms with Crippen LogP contribution in [0.4, 0.5) is 0 Å². The number of aromatic nitrogens is 3. The van der Waals surface area contributed by atoms with Crippen LogP contribution < -0.4 is 5.43 Å². The van der Waals surface area contributed by atoms with E-state index in [4.69, 9.17) is 19.4 Å². The van der Waals surface area contributed by atoms with Gasteiger partial charge in [-0.2, -0.15) is 0 Å². The van der Waals surface area contributed by atoms with Crippen LogP contribution in [0.1, 0.15) is 0 Å². The molecular formula is C40H25N3O2. The summed E-state index contributed by atoms with van der Waals surface area (Å²) in [5.74, 6) is 1.80. The second-order valence-electron chi connectivity index (χ2n) is 10.8. The quantitative estimate of drug-likeness (QED) is 0.190. The minimum atomic E-state index is -0.0429. The zero-order valence-electron chi connectivity index (χ0n) is 24.1. The molecule has 0 radical (unpaired) electrons.